The van der Waals surface area contributed by atoms with Crippen molar-refractivity contribution in [3.05, 3.63) is 63.7 Å². The van der Waals surface area contributed by atoms with Crippen molar-refractivity contribution in [1.29, 1.82) is 0 Å². The monoisotopic (exact) mass is 443 g/mol. The number of nitrogens with zero attached hydrogens (tertiary/aromatic N) is 1. The smallest absolute Gasteiger partial charge is 0.270 e. The number of nitrogens with one attached hydrogen (secondary N) is 1. The van der Waals surface area contributed by atoms with Crippen LogP contribution >= 0.6 is 23.8 Å². The van der Waals surface area contributed by atoms with Crippen LogP contribution in [0.15, 0.2) is 42.0 Å². The van der Waals surface area contributed by atoms with Gasteiger partial charge in [0, 0.05) is 0 Å². The number of rotatable bonds is 5. The summed E-state index contributed by atoms with van der Waals surface area (Å²) in [5, 5.41) is 13.2. The third kappa shape index (κ3) is 4.50. The third-order valence-corrected chi connectivity index (χ3v) is 4.89. The van der Waals surface area contributed by atoms with Crippen molar-refractivity contribution < 1.29 is 24.2 Å². The summed E-state index contributed by atoms with van der Waals surface area (Å²) >= 11 is 11.3. The molecule has 9 heteroatoms. The Morgan fingerprint density at radius 3 is 2.60 bits per heavy atom. The average molecular weight is 444 g/mol. The van der Waals surface area contributed by atoms with E-state index in [1.54, 1.807) is 12.1 Å². The number of hydrogen-bond acceptors (Lipinski definition) is 6. The molecule has 1 fully saturated rings. The largest absolute Gasteiger partial charge is 0.546 e. The maximum Gasteiger partial charge on any atom is 0.270 e. The number of amides is 2. The number of carboxylic acids is 1. The van der Waals surface area contributed by atoms with Gasteiger partial charge in [-0.2, -0.15) is 0 Å². The molecule has 0 atom stereocenters. The highest BCUT2D eigenvalue weighted by atomic mass is 35.5. The van der Waals surface area contributed by atoms with Gasteiger partial charge in [-0.05, 0) is 61.5 Å². The lowest BCUT2D eigenvalue weighted by molar-refractivity contribution is -0.307. The van der Waals surface area contributed by atoms with Crippen LogP contribution < -0.4 is 20.1 Å². The Balaban J connectivity index is 1.94. The lowest BCUT2D eigenvalue weighted by atomic mass is 10.0. The molecule has 0 spiro atoms. The zero-order chi connectivity index (χ0) is 22.0. The number of anilines is 1. The number of thiocarbonyl (C=S) groups is 1. The Kier molecular flexibility index (Phi) is 6.19. The topological polar surface area (TPSA) is 98.8 Å². The van der Waals surface area contributed by atoms with E-state index in [1.807, 2.05) is 26.0 Å². The molecule has 0 radical (unpaired) electrons. The standard InChI is InChI=1S/C21H17ClN2O5S/c1-11-3-5-16(12(2)7-11)24-20(28)14(19(27)23-21(24)30)8-13-4-6-17(15(22)9-13)29-10-18(25)26/h3-9H,10H2,1-2H3,(H,25,26)(H,23,27,30)/p-1/b14-8-. The fourth-order valence-corrected chi connectivity index (χ4v) is 3.48. The summed E-state index contributed by atoms with van der Waals surface area (Å²) in [6.45, 7) is 3.14. The van der Waals surface area contributed by atoms with Crippen LogP contribution in [-0.4, -0.2) is 29.5 Å². The van der Waals surface area contributed by atoms with Crippen molar-refractivity contribution in [2.75, 3.05) is 11.5 Å². The summed E-state index contributed by atoms with van der Waals surface area (Å²) in [5.74, 6) is -2.44. The molecule has 1 heterocycles. The molecule has 1 saturated heterocycles. The first-order valence-electron chi connectivity index (χ1n) is 8.78. The molecule has 2 amide bonds. The van der Waals surface area contributed by atoms with Gasteiger partial charge in [0.1, 0.15) is 17.9 Å². The van der Waals surface area contributed by atoms with Gasteiger partial charge in [0.25, 0.3) is 11.8 Å². The molecule has 0 aromatic heterocycles. The summed E-state index contributed by atoms with van der Waals surface area (Å²) in [6.07, 6.45) is 1.38. The normalized spacial score (nSPS) is 15.4. The zero-order valence-electron chi connectivity index (χ0n) is 16.0. The Bertz CT molecular complexity index is 1110. The van der Waals surface area contributed by atoms with Gasteiger partial charge in [-0.1, -0.05) is 35.4 Å². The van der Waals surface area contributed by atoms with Crippen molar-refractivity contribution in [3.8, 4) is 5.75 Å². The second-order valence-electron chi connectivity index (χ2n) is 6.60. The van der Waals surface area contributed by atoms with Crippen LogP contribution in [0.1, 0.15) is 16.7 Å². The van der Waals surface area contributed by atoms with Crippen LogP contribution in [0.2, 0.25) is 5.02 Å². The van der Waals surface area contributed by atoms with Crippen LogP contribution in [0, 0.1) is 13.8 Å². The molecule has 154 valence electrons. The molecule has 0 unspecified atom stereocenters. The molecule has 3 rings (SSSR count). The fourth-order valence-electron chi connectivity index (χ4n) is 2.96. The highest BCUT2D eigenvalue weighted by molar-refractivity contribution is 7.80. The minimum atomic E-state index is -1.39. The Hall–Kier alpha value is -3.23. The van der Waals surface area contributed by atoms with Crippen LogP contribution in [-0.2, 0) is 14.4 Å². The lowest BCUT2D eigenvalue weighted by Crippen LogP contribution is -2.54. The van der Waals surface area contributed by atoms with E-state index in [2.05, 4.69) is 5.32 Å². The van der Waals surface area contributed by atoms with Crippen LogP contribution in [0.4, 0.5) is 5.69 Å². The fraction of sp³-hybridized carbons (Fsp3) is 0.143. The zero-order valence-corrected chi connectivity index (χ0v) is 17.6. The molecule has 0 bridgehead atoms. The number of ether oxygens (including phenoxy) is 1. The first-order chi connectivity index (χ1) is 14.2. The van der Waals surface area contributed by atoms with E-state index in [-0.39, 0.29) is 21.5 Å². The van der Waals surface area contributed by atoms with Crippen LogP contribution in [0.5, 0.6) is 5.75 Å². The maximum absolute atomic E-state index is 13.1. The van der Waals surface area contributed by atoms with Gasteiger partial charge < -0.3 is 14.6 Å². The maximum atomic E-state index is 13.1. The van der Waals surface area contributed by atoms with Crippen molar-refractivity contribution >= 4 is 58.5 Å². The molecule has 0 aliphatic carbocycles. The number of carbonyl (C=O) groups excluding carboxylic acids is 3. The molecule has 2 aromatic carbocycles. The molecule has 1 aliphatic heterocycles. The van der Waals surface area contributed by atoms with Crippen molar-refractivity contribution in [2.45, 2.75) is 13.8 Å². The second kappa shape index (κ2) is 8.64. The van der Waals surface area contributed by atoms with E-state index in [1.165, 1.54) is 23.1 Å². The molecular formula is C21H16ClN2O5S-. The minimum absolute atomic E-state index is 0.00170. The van der Waals surface area contributed by atoms with Gasteiger partial charge in [-0.25, -0.2) is 0 Å². The first-order valence-corrected chi connectivity index (χ1v) is 9.57. The summed E-state index contributed by atoms with van der Waals surface area (Å²) in [6, 6.07) is 9.96. The van der Waals surface area contributed by atoms with E-state index >= 15 is 0 Å². The first kappa shape index (κ1) is 21.5. The number of aryl methyl sites for hydroxylation is 2. The van der Waals surface area contributed by atoms with Crippen molar-refractivity contribution in [1.82, 2.24) is 5.32 Å². The molecule has 1 N–H and O–H groups in total. The highest BCUT2D eigenvalue weighted by Crippen LogP contribution is 2.29. The number of carboxylic acid groups (broad SMARTS) is 1. The summed E-state index contributed by atoms with van der Waals surface area (Å²) < 4.78 is 5.01. The van der Waals surface area contributed by atoms with Gasteiger partial charge >= 0.3 is 0 Å². The van der Waals surface area contributed by atoms with Gasteiger partial charge in [-0.15, -0.1) is 0 Å². The number of benzene rings is 2. The summed E-state index contributed by atoms with van der Waals surface area (Å²) in [4.78, 5) is 37.3. The van der Waals surface area contributed by atoms with Crippen LogP contribution in [0.3, 0.4) is 0 Å². The predicted octanol–water partition coefficient (Wildman–Crippen LogP) is 1.92. The number of halogens is 1. The van der Waals surface area contributed by atoms with Crippen molar-refractivity contribution in [3.63, 3.8) is 0 Å². The van der Waals surface area contributed by atoms with E-state index in [4.69, 9.17) is 28.6 Å². The summed E-state index contributed by atoms with van der Waals surface area (Å²) in [7, 11) is 0. The summed E-state index contributed by atoms with van der Waals surface area (Å²) in [5.41, 5.74) is 2.77. The molecule has 1 aliphatic rings. The van der Waals surface area contributed by atoms with Gasteiger partial charge in [0.15, 0.2) is 5.11 Å². The van der Waals surface area contributed by atoms with E-state index in [9.17, 15) is 19.5 Å². The van der Waals surface area contributed by atoms with E-state index < -0.39 is 24.4 Å². The van der Waals surface area contributed by atoms with E-state index in [0.29, 0.717) is 11.3 Å². The lowest BCUT2D eigenvalue weighted by Gasteiger charge is -2.30. The predicted molar refractivity (Wildman–Crippen MR) is 114 cm³/mol. The number of carbonyl (C=O) groups is 3. The Morgan fingerprint density at radius 1 is 1.23 bits per heavy atom. The third-order valence-electron chi connectivity index (χ3n) is 4.31. The Labute approximate surface area is 182 Å². The number of aliphatic carboxylic acids is 1. The van der Waals surface area contributed by atoms with E-state index in [0.717, 1.165) is 11.1 Å². The minimum Gasteiger partial charge on any atom is -0.546 e. The quantitative estimate of drug-likeness (QED) is 0.430. The number of hydrogen-bond donors (Lipinski definition) is 1. The van der Waals surface area contributed by atoms with Crippen molar-refractivity contribution in [2.24, 2.45) is 0 Å². The molecule has 2 aromatic rings. The molecular weight excluding hydrogens is 428 g/mol. The van der Waals surface area contributed by atoms with Gasteiger partial charge in [0.2, 0.25) is 0 Å². The van der Waals surface area contributed by atoms with Crippen LogP contribution in [0.25, 0.3) is 6.08 Å². The van der Waals surface area contributed by atoms with Gasteiger partial charge in [0.05, 0.1) is 16.7 Å². The molecule has 0 saturated carbocycles. The highest BCUT2D eigenvalue weighted by Gasteiger charge is 2.35. The molecule has 30 heavy (non-hydrogen) atoms. The average Bonchev–Trinajstić information content (AvgIpc) is 2.66. The second-order valence-corrected chi connectivity index (χ2v) is 7.39. The van der Waals surface area contributed by atoms with Gasteiger partial charge in [-0.3, -0.25) is 19.8 Å². The Morgan fingerprint density at radius 2 is 1.97 bits per heavy atom. The SMILES string of the molecule is Cc1ccc(N2C(=O)/C(=C\c3ccc(OCC(=O)[O-])c(Cl)c3)C(=O)NC2=S)c(C)c1. The molecule has 7 nitrogen and oxygen atoms in total.